The Morgan fingerprint density at radius 2 is 1.66 bits per heavy atom. The van der Waals surface area contributed by atoms with Gasteiger partial charge in [-0.3, -0.25) is 24.0 Å². The molecule has 4 aliphatic rings. The molecule has 3 aliphatic heterocycles. The number of carbonyl (C=O) groups is 4. The molecule has 2 amide bonds. The third kappa shape index (κ3) is 12.0. The number of aliphatic hydroxyl groups is 2. The summed E-state index contributed by atoms with van der Waals surface area (Å²) in [5, 5.41) is 24.0. The van der Waals surface area contributed by atoms with Crippen LogP contribution in [0.15, 0.2) is 60.9 Å². The van der Waals surface area contributed by atoms with E-state index in [9.17, 15) is 19.5 Å². The summed E-state index contributed by atoms with van der Waals surface area (Å²) in [7, 11) is 1.57. The third-order valence-electron chi connectivity index (χ3n) is 12.9. The van der Waals surface area contributed by atoms with E-state index in [-0.39, 0.29) is 45.4 Å². The molecule has 3 saturated heterocycles. The number of carbonyl (C=O) groups excluding carboxylic acids is 4. The minimum Gasteiger partial charge on any atom is -0.499 e. The molecule has 3 N–H and O–H groups in total. The molecule has 0 spiro atoms. The Kier molecular flexibility index (Phi) is 17.3. The fourth-order valence-corrected chi connectivity index (χ4v) is 9.80. The van der Waals surface area contributed by atoms with Crippen molar-refractivity contribution < 1.29 is 57.9 Å². The summed E-state index contributed by atoms with van der Waals surface area (Å²) in [4.78, 5) is 66.0. The highest BCUT2D eigenvalue weighted by Gasteiger charge is 2.76. The van der Waals surface area contributed by atoms with Gasteiger partial charge in [0.15, 0.2) is 11.8 Å². The molecule has 2 aromatic carbocycles. The van der Waals surface area contributed by atoms with Crippen molar-refractivity contribution in [3.8, 4) is 0 Å². The van der Waals surface area contributed by atoms with Crippen LogP contribution in [0, 0.1) is 5.41 Å². The lowest BCUT2D eigenvalue weighted by atomic mass is 9.62. The number of fused-ring (bicyclic) bond motifs is 4. The van der Waals surface area contributed by atoms with Crippen molar-refractivity contribution in [2.75, 3.05) is 26.9 Å². The van der Waals surface area contributed by atoms with E-state index in [1.165, 1.54) is 11.2 Å². The van der Waals surface area contributed by atoms with Gasteiger partial charge in [-0.2, -0.15) is 5.06 Å². The first-order chi connectivity index (χ1) is 31.2. The van der Waals surface area contributed by atoms with Crippen LogP contribution in [0.4, 0.5) is 0 Å². The fourth-order valence-electron chi connectivity index (χ4n) is 9.80. The summed E-state index contributed by atoms with van der Waals surface area (Å²) in [6.45, 7) is 9.31. The molecule has 0 aromatic heterocycles. The number of nitrogens with zero attached hydrogens (tertiary/aromatic N) is 2. The van der Waals surface area contributed by atoms with Crippen molar-refractivity contribution in [1.29, 1.82) is 0 Å². The Morgan fingerprint density at radius 3 is 2.32 bits per heavy atom. The van der Waals surface area contributed by atoms with E-state index < -0.39 is 89.7 Å². The van der Waals surface area contributed by atoms with Gasteiger partial charge in [-0.05, 0) is 62.8 Å². The van der Waals surface area contributed by atoms with Crippen LogP contribution in [0.3, 0.4) is 0 Å². The van der Waals surface area contributed by atoms with Crippen LogP contribution >= 0.6 is 0 Å². The number of esters is 2. The van der Waals surface area contributed by atoms with Crippen LogP contribution in [-0.4, -0.2) is 125 Å². The van der Waals surface area contributed by atoms with Crippen LogP contribution in [0.2, 0.25) is 0 Å². The van der Waals surface area contributed by atoms with Gasteiger partial charge in [-0.1, -0.05) is 94.1 Å². The maximum Gasteiger partial charge on any atom is 0.327 e. The normalized spacial score (nSPS) is 25.4. The first kappa shape index (κ1) is 50.0. The summed E-state index contributed by atoms with van der Waals surface area (Å²) in [6, 6.07) is 13.8. The Balaban J connectivity index is 1.36. The van der Waals surface area contributed by atoms with E-state index in [4.69, 9.17) is 33.6 Å². The Hall–Kier alpha value is -4.38. The average molecular weight is 906 g/mol. The highest BCUT2D eigenvalue weighted by Crippen LogP contribution is 2.58. The maximum atomic E-state index is 15.9. The van der Waals surface area contributed by atoms with Crippen molar-refractivity contribution in [3.05, 3.63) is 77.5 Å². The summed E-state index contributed by atoms with van der Waals surface area (Å²) in [5.74, 6) is -3.05. The van der Waals surface area contributed by atoms with Crippen LogP contribution in [0.5, 0.6) is 0 Å². The molecule has 2 bridgehead atoms. The lowest BCUT2D eigenvalue weighted by Gasteiger charge is -2.50. The van der Waals surface area contributed by atoms with Crippen LogP contribution in [0.25, 0.3) is 6.08 Å². The first-order valence-corrected chi connectivity index (χ1v) is 23.6. The van der Waals surface area contributed by atoms with Gasteiger partial charge in [-0.25, -0.2) is 0 Å². The second-order valence-electron chi connectivity index (χ2n) is 19.0. The standard InChI is InChI=1S/C50H71N3O12/c1-7-9-14-24-49(25-15-10-8-2)63-41-39-31-50(43(46(58)61-39)53(65-44(50)42(41)64-49)32-36-20-16-19-35(29-36)23-27-60-28-26-54)47(59)52(6)38(30-34-17-12-11-13-18-34)45(57)51-37(33-55)21-22-40(56)62-48(3,4)5/h11-13,16-20,23,27,29,37-39,41-44,54-55H,7-10,14-15,21-22,24-26,28,30-33H2,1-6H3,(H,51,57). The van der Waals surface area contributed by atoms with E-state index in [1.807, 2.05) is 54.6 Å². The quantitative estimate of drug-likeness (QED) is 0.0656. The second kappa shape index (κ2) is 22.4. The smallest absolute Gasteiger partial charge is 0.327 e. The van der Waals surface area contributed by atoms with Crippen LogP contribution < -0.4 is 5.32 Å². The largest absolute Gasteiger partial charge is 0.499 e. The maximum absolute atomic E-state index is 15.9. The summed E-state index contributed by atoms with van der Waals surface area (Å²) >= 11 is 0. The van der Waals surface area contributed by atoms with E-state index >= 15 is 4.79 Å². The summed E-state index contributed by atoms with van der Waals surface area (Å²) in [6.07, 6.45) is 7.32. The second-order valence-corrected chi connectivity index (χ2v) is 19.0. The molecule has 2 aromatic rings. The zero-order valence-corrected chi connectivity index (χ0v) is 39.1. The fraction of sp³-hybridized carbons (Fsp3) is 0.640. The molecule has 15 nitrogen and oxygen atoms in total. The van der Waals surface area contributed by atoms with Crippen LogP contribution in [-0.2, 0) is 60.7 Å². The van der Waals surface area contributed by atoms with Gasteiger partial charge in [-0.15, -0.1) is 0 Å². The van der Waals surface area contributed by atoms with Crippen LogP contribution in [0.1, 0.15) is 122 Å². The zero-order chi connectivity index (χ0) is 46.8. The Labute approximate surface area is 384 Å². The number of hydroxylamine groups is 2. The average Bonchev–Trinajstić information content (AvgIpc) is 3.83. The molecule has 3 heterocycles. The number of rotatable bonds is 24. The number of nitrogens with one attached hydrogen (secondary N) is 1. The van der Waals surface area contributed by atoms with Gasteiger partial charge >= 0.3 is 11.9 Å². The van der Waals surface area contributed by atoms with E-state index in [0.29, 0.717) is 12.8 Å². The summed E-state index contributed by atoms with van der Waals surface area (Å²) < 4.78 is 31.2. The Bertz CT molecular complexity index is 1930. The van der Waals surface area contributed by atoms with Crippen molar-refractivity contribution in [2.45, 2.75) is 172 Å². The topological polar surface area (TPSA) is 183 Å². The van der Waals surface area contributed by atoms with Crippen molar-refractivity contribution in [2.24, 2.45) is 5.41 Å². The van der Waals surface area contributed by atoms with Crippen molar-refractivity contribution in [1.82, 2.24) is 15.3 Å². The molecule has 0 radical (unpaired) electrons. The molecule has 4 fully saturated rings. The molecule has 1 aliphatic carbocycles. The lowest BCUT2D eigenvalue weighted by Crippen LogP contribution is -2.70. The molecule has 8 atom stereocenters. The van der Waals surface area contributed by atoms with Gasteiger partial charge in [0, 0.05) is 39.2 Å². The monoisotopic (exact) mass is 906 g/mol. The molecular formula is C50H71N3O12. The number of aliphatic hydroxyl groups excluding tert-OH is 2. The number of hydrogen-bond donors (Lipinski definition) is 3. The lowest BCUT2D eigenvalue weighted by molar-refractivity contribution is -0.225. The highest BCUT2D eigenvalue weighted by molar-refractivity contribution is 5.96. The summed E-state index contributed by atoms with van der Waals surface area (Å²) in [5.41, 5.74) is 0.138. The molecule has 15 heteroatoms. The molecular weight excluding hydrogens is 835 g/mol. The Morgan fingerprint density at radius 1 is 0.969 bits per heavy atom. The number of likely N-dealkylation sites (N-methyl/N-ethyl adjacent to an activating group) is 1. The number of unbranched alkanes of at least 4 members (excludes halogenated alkanes) is 4. The molecule has 8 unspecified atom stereocenters. The minimum atomic E-state index is -1.56. The number of hydrogen-bond acceptors (Lipinski definition) is 13. The predicted octanol–water partition coefficient (Wildman–Crippen LogP) is 5.78. The van der Waals surface area contributed by atoms with Gasteiger partial charge in [0.05, 0.1) is 32.1 Å². The molecule has 1 saturated carbocycles. The molecule has 6 rings (SSSR count). The number of ether oxygens (including phenoxy) is 5. The minimum absolute atomic E-state index is 0.0380. The van der Waals surface area contributed by atoms with Gasteiger partial charge in [0.2, 0.25) is 11.8 Å². The van der Waals surface area contributed by atoms with Gasteiger partial charge in [0.1, 0.15) is 48.1 Å². The van der Waals surface area contributed by atoms with E-state index in [0.717, 1.165) is 55.2 Å². The zero-order valence-electron chi connectivity index (χ0n) is 39.1. The SMILES string of the molecule is CCCCCC1(CCCCC)OC2C3CC4(C(=O)N(C)C(Cc5ccccc5)C(=O)NC(CO)CCC(=O)OC(C)(C)C)C(ON(Cc5cccc(C=COCCO)c5)C4C(=O)O3)C2O1. The van der Waals surface area contributed by atoms with E-state index in [1.54, 1.807) is 39.0 Å². The van der Waals surface area contributed by atoms with Gasteiger partial charge < -0.3 is 44.1 Å². The number of benzene rings is 2. The van der Waals surface area contributed by atoms with E-state index in [2.05, 4.69) is 19.2 Å². The predicted molar refractivity (Wildman–Crippen MR) is 241 cm³/mol. The van der Waals surface area contributed by atoms with Gasteiger partial charge in [0.25, 0.3) is 0 Å². The third-order valence-corrected chi connectivity index (χ3v) is 12.9. The van der Waals surface area contributed by atoms with Crippen molar-refractivity contribution in [3.63, 3.8) is 0 Å². The number of amides is 2. The van der Waals surface area contributed by atoms with Crippen molar-refractivity contribution >= 4 is 29.8 Å². The molecule has 65 heavy (non-hydrogen) atoms. The first-order valence-electron chi connectivity index (χ1n) is 23.6. The highest BCUT2D eigenvalue weighted by atomic mass is 16.8. The molecule has 358 valence electrons.